The molecular formula is C10H8BrN3OS. The molecule has 1 aromatic rings. The van der Waals surface area contributed by atoms with E-state index in [1.165, 1.54) is 16.2 Å². The monoisotopic (exact) mass is 297 g/mol. The summed E-state index contributed by atoms with van der Waals surface area (Å²) in [5, 5.41) is 0. The number of aliphatic imine (C=N–C) groups is 1. The summed E-state index contributed by atoms with van der Waals surface area (Å²) in [4.78, 5) is 17.7. The van der Waals surface area contributed by atoms with Gasteiger partial charge in [0.15, 0.2) is 0 Å². The predicted octanol–water partition coefficient (Wildman–Crippen LogP) is 1.98. The number of amidine groups is 1. The van der Waals surface area contributed by atoms with E-state index in [9.17, 15) is 4.79 Å². The second kappa shape index (κ2) is 4.28. The summed E-state index contributed by atoms with van der Waals surface area (Å²) in [6.07, 6.45) is 5.22. The Hall–Kier alpha value is -1.32. The lowest BCUT2D eigenvalue weighted by Crippen LogP contribution is -2.33. The average molecular weight is 298 g/mol. The van der Waals surface area contributed by atoms with Gasteiger partial charge >= 0.3 is 6.03 Å². The van der Waals surface area contributed by atoms with E-state index in [0.717, 1.165) is 8.66 Å². The molecule has 0 saturated heterocycles. The summed E-state index contributed by atoms with van der Waals surface area (Å²) in [6.45, 7) is 0.212. The van der Waals surface area contributed by atoms with Gasteiger partial charge in [-0.3, -0.25) is 4.90 Å². The number of amides is 2. The molecule has 16 heavy (non-hydrogen) atoms. The van der Waals surface area contributed by atoms with E-state index in [2.05, 4.69) is 26.8 Å². The summed E-state index contributed by atoms with van der Waals surface area (Å²) in [6, 6.07) is 3.12. The Labute approximate surface area is 105 Å². The first-order valence-corrected chi connectivity index (χ1v) is 6.08. The van der Waals surface area contributed by atoms with Crippen molar-refractivity contribution in [2.75, 3.05) is 6.54 Å². The van der Waals surface area contributed by atoms with E-state index in [0.29, 0.717) is 5.84 Å². The zero-order valence-electron chi connectivity index (χ0n) is 8.18. The number of thiophene rings is 1. The van der Waals surface area contributed by atoms with Crippen LogP contribution in [-0.2, 0) is 0 Å². The van der Waals surface area contributed by atoms with E-state index in [1.54, 1.807) is 0 Å². The molecule has 0 aromatic carbocycles. The maximum absolute atomic E-state index is 11.5. The number of urea groups is 1. The third-order valence-electron chi connectivity index (χ3n) is 2.19. The number of rotatable bonds is 2. The first-order valence-electron chi connectivity index (χ1n) is 4.47. The first kappa shape index (κ1) is 11.2. The van der Waals surface area contributed by atoms with Crippen LogP contribution < -0.4 is 5.73 Å². The molecule has 0 fully saturated rings. The van der Waals surface area contributed by atoms with Crippen molar-refractivity contribution in [2.45, 2.75) is 6.04 Å². The Bertz CT molecular complexity index is 502. The standard InChI is InChI=1S/C10H8BrN3OS/c1-2-5-14-8(9(12)13-10(14)15)6-3-4-7(11)16-6/h1,3-4,8H,5H2,(H2,12,13,15). The molecule has 6 heteroatoms. The second-order valence-electron chi connectivity index (χ2n) is 3.20. The van der Waals surface area contributed by atoms with Gasteiger partial charge in [0.2, 0.25) is 0 Å². The molecule has 1 unspecified atom stereocenters. The van der Waals surface area contributed by atoms with Crippen LogP contribution in [0.15, 0.2) is 20.9 Å². The molecule has 0 radical (unpaired) electrons. The summed E-state index contributed by atoms with van der Waals surface area (Å²) in [5.74, 6) is 2.74. The van der Waals surface area contributed by atoms with Gasteiger partial charge in [0, 0.05) is 4.88 Å². The third-order valence-corrected chi connectivity index (χ3v) is 3.86. The number of terminal acetylenes is 1. The van der Waals surface area contributed by atoms with Gasteiger partial charge in [-0.1, -0.05) is 5.92 Å². The molecule has 2 N–H and O–H groups in total. The van der Waals surface area contributed by atoms with Gasteiger partial charge in [-0.25, -0.2) is 4.79 Å². The van der Waals surface area contributed by atoms with Crippen molar-refractivity contribution in [3.63, 3.8) is 0 Å². The Balaban J connectivity index is 2.35. The van der Waals surface area contributed by atoms with Crippen LogP contribution in [0.1, 0.15) is 10.9 Å². The van der Waals surface area contributed by atoms with Crippen molar-refractivity contribution in [2.24, 2.45) is 10.7 Å². The molecule has 0 spiro atoms. The molecule has 1 aromatic heterocycles. The molecule has 0 saturated carbocycles. The number of hydrogen-bond acceptors (Lipinski definition) is 3. The molecule has 0 aliphatic carbocycles. The number of carbonyl (C=O) groups excluding carboxylic acids is 1. The van der Waals surface area contributed by atoms with Gasteiger partial charge in [0.05, 0.1) is 10.3 Å². The van der Waals surface area contributed by atoms with Gasteiger partial charge in [0.1, 0.15) is 11.9 Å². The van der Waals surface area contributed by atoms with Gasteiger partial charge in [-0.15, -0.1) is 17.8 Å². The van der Waals surface area contributed by atoms with Crippen LogP contribution in [0, 0.1) is 12.3 Å². The highest BCUT2D eigenvalue weighted by Crippen LogP contribution is 2.33. The van der Waals surface area contributed by atoms with E-state index in [-0.39, 0.29) is 18.6 Å². The highest BCUT2D eigenvalue weighted by atomic mass is 79.9. The minimum atomic E-state index is -0.370. The highest BCUT2D eigenvalue weighted by molar-refractivity contribution is 9.11. The van der Waals surface area contributed by atoms with Crippen LogP contribution in [0.2, 0.25) is 0 Å². The van der Waals surface area contributed by atoms with Crippen LogP contribution >= 0.6 is 27.3 Å². The predicted molar refractivity (Wildman–Crippen MR) is 67.3 cm³/mol. The van der Waals surface area contributed by atoms with Crippen molar-refractivity contribution in [3.05, 3.63) is 20.8 Å². The van der Waals surface area contributed by atoms with Crippen LogP contribution in [0.4, 0.5) is 4.79 Å². The second-order valence-corrected chi connectivity index (χ2v) is 5.69. The van der Waals surface area contributed by atoms with Crippen LogP contribution in [0.5, 0.6) is 0 Å². The molecule has 82 valence electrons. The lowest BCUT2D eigenvalue weighted by Gasteiger charge is -2.20. The van der Waals surface area contributed by atoms with Gasteiger partial charge in [-0.05, 0) is 28.1 Å². The maximum atomic E-state index is 11.5. The zero-order chi connectivity index (χ0) is 11.7. The third kappa shape index (κ3) is 1.84. The lowest BCUT2D eigenvalue weighted by molar-refractivity contribution is 0.214. The fourth-order valence-corrected chi connectivity index (χ4v) is 3.09. The molecular weight excluding hydrogens is 290 g/mol. The van der Waals surface area contributed by atoms with Crippen molar-refractivity contribution < 1.29 is 4.79 Å². The quantitative estimate of drug-likeness (QED) is 0.849. The number of hydrogen-bond donors (Lipinski definition) is 1. The highest BCUT2D eigenvalue weighted by Gasteiger charge is 2.34. The summed E-state index contributed by atoms with van der Waals surface area (Å²) in [5.41, 5.74) is 5.74. The minimum Gasteiger partial charge on any atom is -0.385 e. The fourth-order valence-electron chi connectivity index (χ4n) is 1.54. The van der Waals surface area contributed by atoms with E-state index in [1.807, 2.05) is 12.1 Å². The van der Waals surface area contributed by atoms with E-state index in [4.69, 9.17) is 12.2 Å². The van der Waals surface area contributed by atoms with Crippen LogP contribution in [0.3, 0.4) is 0 Å². The Morgan fingerprint density at radius 1 is 1.69 bits per heavy atom. The van der Waals surface area contributed by atoms with Crippen molar-refractivity contribution >= 4 is 39.1 Å². The smallest absolute Gasteiger partial charge is 0.347 e. The summed E-state index contributed by atoms with van der Waals surface area (Å²) >= 11 is 4.88. The molecule has 1 atom stereocenters. The normalized spacial score (nSPS) is 19.8. The van der Waals surface area contributed by atoms with Crippen molar-refractivity contribution in [1.82, 2.24) is 4.90 Å². The fraction of sp³-hybridized carbons (Fsp3) is 0.200. The lowest BCUT2D eigenvalue weighted by atomic mass is 10.2. The Morgan fingerprint density at radius 3 is 3.00 bits per heavy atom. The number of nitrogens with two attached hydrogens (primary N) is 1. The number of carbonyl (C=O) groups is 1. The SMILES string of the molecule is C#CCN1C(=O)N=C(N)C1c1ccc(Br)s1. The van der Waals surface area contributed by atoms with E-state index < -0.39 is 0 Å². The molecule has 4 nitrogen and oxygen atoms in total. The van der Waals surface area contributed by atoms with Crippen LogP contribution in [-0.4, -0.2) is 23.3 Å². The molecule has 2 heterocycles. The Morgan fingerprint density at radius 2 is 2.44 bits per heavy atom. The summed E-state index contributed by atoms with van der Waals surface area (Å²) < 4.78 is 0.982. The van der Waals surface area contributed by atoms with Gasteiger partial charge < -0.3 is 5.73 Å². The topological polar surface area (TPSA) is 58.7 Å². The van der Waals surface area contributed by atoms with Gasteiger partial charge in [0.25, 0.3) is 0 Å². The Kier molecular flexibility index (Phi) is 2.99. The number of halogens is 1. The number of nitrogens with zero attached hydrogens (tertiary/aromatic N) is 2. The zero-order valence-corrected chi connectivity index (χ0v) is 10.6. The molecule has 2 amide bonds. The largest absolute Gasteiger partial charge is 0.385 e. The average Bonchev–Trinajstić information content (AvgIpc) is 2.73. The van der Waals surface area contributed by atoms with Crippen molar-refractivity contribution in [3.8, 4) is 12.3 Å². The first-order chi connectivity index (χ1) is 7.63. The van der Waals surface area contributed by atoms with E-state index >= 15 is 0 Å². The maximum Gasteiger partial charge on any atom is 0.347 e. The van der Waals surface area contributed by atoms with Gasteiger partial charge in [-0.2, -0.15) is 4.99 Å². The summed E-state index contributed by atoms with van der Waals surface area (Å²) in [7, 11) is 0. The minimum absolute atomic E-state index is 0.212. The van der Waals surface area contributed by atoms with Crippen molar-refractivity contribution in [1.29, 1.82) is 0 Å². The molecule has 1 aliphatic heterocycles. The molecule has 0 bridgehead atoms. The van der Waals surface area contributed by atoms with Crippen LogP contribution in [0.25, 0.3) is 0 Å². The molecule has 1 aliphatic rings. The molecule has 2 rings (SSSR count).